The molecule has 2 aromatic carbocycles. The normalized spacial score (nSPS) is 10.8. The number of carbonyl (C=O) groups excluding carboxylic acids is 1. The summed E-state index contributed by atoms with van der Waals surface area (Å²) in [6, 6.07) is 15.9. The van der Waals surface area contributed by atoms with E-state index in [2.05, 4.69) is 20.9 Å². The summed E-state index contributed by atoms with van der Waals surface area (Å²) in [4.78, 5) is 15.3. The molecular formula is C16H12BrNO. The first-order valence-corrected chi connectivity index (χ1v) is 6.83. The van der Waals surface area contributed by atoms with Gasteiger partial charge in [-0.05, 0) is 30.7 Å². The van der Waals surface area contributed by atoms with E-state index in [1.54, 1.807) is 6.92 Å². The molecule has 1 heterocycles. The van der Waals surface area contributed by atoms with Crippen molar-refractivity contribution in [3.05, 3.63) is 58.6 Å². The van der Waals surface area contributed by atoms with E-state index in [0.717, 1.165) is 32.2 Å². The second kappa shape index (κ2) is 4.67. The second-order valence-corrected chi connectivity index (χ2v) is 5.40. The number of hydrogen-bond acceptors (Lipinski definition) is 1. The predicted molar refractivity (Wildman–Crippen MR) is 81.4 cm³/mol. The zero-order chi connectivity index (χ0) is 13.4. The number of fused-ring (bicyclic) bond motifs is 1. The van der Waals surface area contributed by atoms with Crippen LogP contribution in [0.15, 0.2) is 53.0 Å². The van der Waals surface area contributed by atoms with Crippen LogP contribution in [0.1, 0.15) is 17.3 Å². The van der Waals surface area contributed by atoms with Crippen molar-refractivity contribution in [2.75, 3.05) is 0 Å². The van der Waals surface area contributed by atoms with Crippen LogP contribution >= 0.6 is 15.9 Å². The van der Waals surface area contributed by atoms with Crippen molar-refractivity contribution in [3.8, 4) is 11.3 Å². The summed E-state index contributed by atoms with van der Waals surface area (Å²) in [7, 11) is 0. The Morgan fingerprint density at radius 1 is 1.11 bits per heavy atom. The predicted octanol–water partition coefficient (Wildman–Crippen LogP) is 4.80. The first-order chi connectivity index (χ1) is 9.16. The topological polar surface area (TPSA) is 32.9 Å². The van der Waals surface area contributed by atoms with Gasteiger partial charge < -0.3 is 4.98 Å². The number of hydrogen-bond donors (Lipinski definition) is 1. The molecule has 2 nitrogen and oxygen atoms in total. The van der Waals surface area contributed by atoms with Crippen molar-refractivity contribution in [3.63, 3.8) is 0 Å². The van der Waals surface area contributed by atoms with E-state index in [-0.39, 0.29) is 5.78 Å². The lowest BCUT2D eigenvalue weighted by Crippen LogP contribution is -1.93. The molecule has 0 unspecified atom stereocenters. The average Bonchev–Trinajstić information content (AvgIpc) is 2.78. The highest BCUT2D eigenvalue weighted by Gasteiger charge is 2.16. The minimum absolute atomic E-state index is 0.0724. The van der Waals surface area contributed by atoms with Crippen LogP contribution in [0.3, 0.4) is 0 Å². The summed E-state index contributed by atoms with van der Waals surface area (Å²) in [5.74, 6) is 0.0724. The Morgan fingerprint density at radius 3 is 2.53 bits per heavy atom. The summed E-state index contributed by atoms with van der Waals surface area (Å²) in [6.07, 6.45) is 0. The smallest absolute Gasteiger partial charge is 0.162 e. The van der Waals surface area contributed by atoms with Crippen LogP contribution in [0.4, 0.5) is 0 Å². The molecule has 0 fully saturated rings. The van der Waals surface area contributed by atoms with Crippen LogP contribution in [0.5, 0.6) is 0 Å². The van der Waals surface area contributed by atoms with Crippen molar-refractivity contribution in [2.24, 2.45) is 0 Å². The van der Waals surface area contributed by atoms with Gasteiger partial charge in [0.25, 0.3) is 0 Å². The quantitative estimate of drug-likeness (QED) is 0.677. The highest BCUT2D eigenvalue weighted by molar-refractivity contribution is 9.10. The largest absolute Gasteiger partial charge is 0.354 e. The fraction of sp³-hybridized carbons (Fsp3) is 0.0625. The highest BCUT2D eigenvalue weighted by Crippen LogP contribution is 2.32. The lowest BCUT2D eigenvalue weighted by molar-refractivity contribution is 0.102. The molecule has 0 saturated carbocycles. The molecule has 0 saturated heterocycles. The van der Waals surface area contributed by atoms with Gasteiger partial charge in [-0.25, -0.2) is 0 Å². The molecule has 0 aliphatic heterocycles. The maximum Gasteiger partial charge on any atom is 0.162 e. The number of rotatable bonds is 2. The molecule has 0 radical (unpaired) electrons. The van der Waals surface area contributed by atoms with Crippen LogP contribution in [-0.2, 0) is 0 Å². The summed E-state index contributed by atoms with van der Waals surface area (Å²) >= 11 is 3.46. The summed E-state index contributed by atoms with van der Waals surface area (Å²) in [5.41, 5.74) is 3.65. The average molecular weight is 314 g/mol. The zero-order valence-electron chi connectivity index (χ0n) is 10.4. The molecule has 3 heteroatoms. The summed E-state index contributed by atoms with van der Waals surface area (Å²) in [5, 5.41) is 0.959. The van der Waals surface area contributed by atoms with Crippen molar-refractivity contribution in [1.29, 1.82) is 0 Å². The van der Waals surface area contributed by atoms with Gasteiger partial charge in [0.2, 0.25) is 0 Å². The summed E-state index contributed by atoms with van der Waals surface area (Å²) < 4.78 is 0.973. The first-order valence-electron chi connectivity index (χ1n) is 6.04. The molecule has 1 aromatic heterocycles. The van der Waals surface area contributed by atoms with Crippen LogP contribution in [0.25, 0.3) is 22.2 Å². The van der Waals surface area contributed by atoms with Gasteiger partial charge >= 0.3 is 0 Å². The van der Waals surface area contributed by atoms with Crippen molar-refractivity contribution in [2.45, 2.75) is 6.92 Å². The van der Waals surface area contributed by atoms with Crippen LogP contribution in [0, 0.1) is 0 Å². The number of aromatic nitrogens is 1. The number of H-pyrrole nitrogens is 1. The fourth-order valence-electron chi connectivity index (χ4n) is 2.35. The number of ketones is 1. The third-order valence-electron chi connectivity index (χ3n) is 3.18. The SMILES string of the molecule is CC(=O)c1c(-c2ccccc2)[nH]c2ccc(Br)cc12. The van der Waals surface area contributed by atoms with Crippen molar-refractivity contribution >= 4 is 32.6 Å². The van der Waals surface area contributed by atoms with E-state index in [1.165, 1.54) is 0 Å². The lowest BCUT2D eigenvalue weighted by Gasteiger charge is -2.01. The number of nitrogens with one attached hydrogen (secondary N) is 1. The van der Waals surface area contributed by atoms with E-state index in [0.29, 0.717) is 0 Å². The Balaban J connectivity index is 2.36. The minimum Gasteiger partial charge on any atom is -0.354 e. The van der Waals surface area contributed by atoms with Gasteiger partial charge in [0.15, 0.2) is 5.78 Å². The van der Waals surface area contributed by atoms with Crippen molar-refractivity contribution < 1.29 is 4.79 Å². The first kappa shape index (κ1) is 12.2. The second-order valence-electron chi connectivity index (χ2n) is 4.49. The Morgan fingerprint density at radius 2 is 1.84 bits per heavy atom. The Bertz CT molecular complexity index is 759. The Hall–Kier alpha value is -1.87. The van der Waals surface area contributed by atoms with Gasteiger partial charge in [0, 0.05) is 15.4 Å². The lowest BCUT2D eigenvalue weighted by atomic mass is 10.0. The van der Waals surface area contributed by atoms with Gasteiger partial charge in [0.05, 0.1) is 11.3 Å². The van der Waals surface area contributed by atoms with Gasteiger partial charge in [-0.1, -0.05) is 46.3 Å². The zero-order valence-corrected chi connectivity index (χ0v) is 12.0. The molecule has 3 rings (SSSR count). The van der Waals surface area contributed by atoms with Gasteiger partial charge in [-0.15, -0.1) is 0 Å². The van der Waals surface area contributed by atoms with E-state index < -0.39 is 0 Å². The third-order valence-corrected chi connectivity index (χ3v) is 3.67. The monoisotopic (exact) mass is 313 g/mol. The number of aromatic amines is 1. The molecule has 0 atom stereocenters. The minimum atomic E-state index is 0.0724. The molecule has 1 N–H and O–H groups in total. The maximum atomic E-state index is 12.0. The Labute approximate surface area is 119 Å². The highest BCUT2D eigenvalue weighted by atomic mass is 79.9. The van der Waals surface area contributed by atoms with Crippen LogP contribution in [0.2, 0.25) is 0 Å². The van der Waals surface area contributed by atoms with E-state index in [1.807, 2.05) is 48.5 Å². The standard InChI is InChI=1S/C16H12BrNO/c1-10(19)15-13-9-12(17)7-8-14(13)18-16(15)11-5-3-2-4-6-11/h2-9,18H,1H3. The van der Waals surface area contributed by atoms with Gasteiger partial charge in [-0.3, -0.25) is 4.79 Å². The molecule has 94 valence electrons. The number of benzene rings is 2. The fourth-order valence-corrected chi connectivity index (χ4v) is 2.71. The molecule has 0 bridgehead atoms. The summed E-state index contributed by atoms with van der Waals surface area (Å²) in [6.45, 7) is 1.61. The molecular weight excluding hydrogens is 302 g/mol. The number of halogens is 1. The Kier molecular flexibility index (Phi) is 2.99. The van der Waals surface area contributed by atoms with Crippen LogP contribution in [-0.4, -0.2) is 10.8 Å². The van der Waals surface area contributed by atoms with E-state index in [9.17, 15) is 4.79 Å². The molecule has 0 spiro atoms. The molecule has 0 aliphatic rings. The van der Waals surface area contributed by atoms with Gasteiger partial charge in [-0.2, -0.15) is 0 Å². The van der Waals surface area contributed by atoms with Gasteiger partial charge in [0.1, 0.15) is 0 Å². The van der Waals surface area contributed by atoms with E-state index in [4.69, 9.17) is 0 Å². The number of carbonyl (C=O) groups is 1. The molecule has 0 aliphatic carbocycles. The maximum absolute atomic E-state index is 12.0. The molecule has 19 heavy (non-hydrogen) atoms. The van der Waals surface area contributed by atoms with Crippen LogP contribution < -0.4 is 0 Å². The molecule has 3 aromatic rings. The van der Waals surface area contributed by atoms with Crippen molar-refractivity contribution in [1.82, 2.24) is 4.98 Å². The third kappa shape index (κ3) is 2.10. The molecule has 0 amide bonds. The van der Waals surface area contributed by atoms with E-state index >= 15 is 0 Å². The number of Topliss-reactive ketones (excluding diaryl/α,β-unsaturated/α-hetero) is 1.